The third-order valence-electron chi connectivity index (χ3n) is 2.85. The van der Waals surface area contributed by atoms with Crippen LogP contribution in [0.2, 0.25) is 25.1 Å². The average molecular weight is 521 g/mol. The maximum absolute atomic E-state index is 11.1. The second-order valence-corrected chi connectivity index (χ2v) is 7.61. The maximum atomic E-state index is 11.1. The number of carbonyl (C=O) groups excluding carboxylic acids is 1. The van der Waals surface area contributed by atoms with E-state index in [1.165, 1.54) is 0 Å². The van der Waals surface area contributed by atoms with Crippen LogP contribution in [0.25, 0.3) is 0 Å². The van der Waals surface area contributed by atoms with E-state index in [1.807, 2.05) is 24.3 Å². The van der Waals surface area contributed by atoms with E-state index >= 15 is 0 Å². The number of benzene rings is 2. The predicted octanol–water partition coefficient (Wildman–Crippen LogP) is 7.73. The molecule has 2 aromatic carbocycles. The van der Waals surface area contributed by atoms with Gasteiger partial charge in [0.25, 0.3) is 0 Å². The molecule has 9 heteroatoms. The lowest BCUT2D eigenvalue weighted by atomic mass is 10.2. The Balaban J connectivity index is 0.000000263. The molecule has 0 fully saturated rings. The van der Waals surface area contributed by atoms with E-state index in [4.69, 9.17) is 62.7 Å². The summed E-state index contributed by atoms with van der Waals surface area (Å²) in [5.41, 5.74) is 1.36. The molecule has 0 aliphatic heterocycles. The van der Waals surface area contributed by atoms with Crippen molar-refractivity contribution in [1.82, 2.24) is 0 Å². The lowest BCUT2D eigenvalue weighted by Crippen LogP contribution is -2.05. The van der Waals surface area contributed by atoms with Crippen molar-refractivity contribution in [3.05, 3.63) is 71.6 Å². The molecule has 0 aromatic heterocycles. The van der Waals surface area contributed by atoms with E-state index in [9.17, 15) is 9.90 Å². The van der Waals surface area contributed by atoms with Crippen molar-refractivity contribution in [2.75, 3.05) is 0 Å². The second kappa shape index (κ2) is 10.6. The quantitative estimate of drug-likeness (QED) is 0.195. The van der Waals surface area contributed by atoms with Gasteiger partial charge in [0.1, 0.15) is 16.7 Å². The van der Waals surface area contributed by atoms with Gasteiger partial charge in [0.15, 0.2) is 5.75 Å². The van der Waals surface area contributed by atoms with Gasteiger partial charge in [-0.05, 0) is 13.0 Å². The van der Waals surface area contributed by atoms with Gasteiger partial charge in [-0.15, -0.1) is 0 Å². The van der Waals surface area contributed by atoms with Crippen molar-refractivity contribution in [3.63, 3.8) is 0 Å². The monoisotopic (exact) mass is 518 g/mol. The summed E-state index contributed by atoms with van der Waals surface area (Å²) in [7, 11) is 0. The number of phenolic OH excluding ortho intramolecular Hbond substituents is 1. The van der Waals surface area contributed by atoms with Gasteiger partial charge in [-0.25, -0.2) is 4.79 Å². The van der Waals surface area contributed by atoms with Gasteiger partial charge in [-0.2, -0.15) is 0 Å². The number of rotatable bonds is 3. The first kappa shape index (κ1) is 23.4. The smallest absolute Gasteiger partial charge is 0.333 e. The minimum Gasteiger partial charge on any atom is -0.505 e. The standard InChI is InChI=1S/C11H11BrO2.C6HCl5O/c1-8(2)11(13)14-7-9-5-3-4-6-10(9)12;7-1-2(8)4(10)6(12)5(11)3(1)9/h3-6H,1,7H2,2H3;12H. The Kier molecular flexibility index (Phi) is 9.59. The van der Waals surface area contributed by atoms with Crippen LogP contribution in [0, 0.1) is 0 Å². The molecule has 2 aromatic rings. The first-order valence-electron chi connectivity index (χ1n) is 6.84. The van der Waals surface area contributed by atoms with Crippen molar-refractivity contribution < 1.29 is 14.6 Å². The molecule has 1 N–H and O–H groups in total. The number of carbonyl (C=O) groups is 1. The fourth-order valence-corrected chi connectivity index (χ4v) is 3.00. The molecule has 0 bridgehead atoms. The predicted molar refractivity (Wildman–Crippen MR) is 112 cm³/mol. The Morgan fingerprint density at radius 2 is 1.50 bits per heavy atom. The van der Waals surface area contributed by atoms with E-state index in [2.05, 4.69) is 22.5 Å². The van der Waals surface area contributed by atoms with E-state index < -0.39 is 0 Å². The van der Waals surface area contributed by atoms with Crippen LogP contribution in [0.3, 0.4) is 0 Å². The van der Waals surface area contributed by atoms with Gasteiger partial charge in [-0.3, -0.25) is 0 Å². The molecule has 0 spiro atoms. The zero-order chi connectivity index (χ0) is 20.0. The summed E-state index contributed by atoms with van der Waals surface area (Å²) in [5.74, 6) is -0.724. The molecular weight excluding hydrogens is 509 g/mol. The highest BCUT2D eigenvalue weighted by molar-refractivity contribution is 9.10. The van der Waals surface area contributed by atoms with Gasteiger partial charge < -0.3 is 9.84 Å². The normalized spacial score (nSPS) is 9.96. The van der Waals surface area contributed by atoms with E-state index in [0.29, 0.717) is 5.57 Å². The summed E-state index contributed by atoms with van der Waals surface area (Å²) in [5, 5.41) is 9.01. The summed E-state index contributed by atoms with van der Waals surface area (Å²) in [6.07, 6.45) is 0. The van der Waals surface area contributed by atoms with Crippen LogP contribution in [0.1, 0.15) is 12.5 Å². The molecule has 2 rings (SSSR count). The largest absolute Gasteiger partial charge is 0.505 e. The Morgan fingerprint density at radius 1 is 1.04 bits per heavy atom. The maximum Gasteiger partial charge on any atom is 0.333 e. The van der Waals surface area contributed by atoms with Gasteiger partial charge in [0.05, 0.1) is 15.1 Å². The molecular formula is C17H12BrCl5O3. The molecule has 140 valence electrons. The molecule has 0 unspecified atom stereocenters. The second-order valence-electron chi connectivity index (χ2n) is 4.87. The molecule has 0 amide bonds. The molecule has 26 heavy (non-hydrogen) atoms. The summed E-state index contributed by atoms with van der Waals surface area (Å²) in [6.45, 7) is 5.40. The van der Waals surface area contributed by atoms with Crippen LogP contribution in [-0.2, 0) is 16.1 Å². The van der Waals surface area contributed by atoms with Crippen LogP contribution in [0.5, 0.6) is 5.75 Å². The topological polar surface area (TPSA) is 46.5 Å². The molecule has 0 radical (unpaired) electrons. The van der Waals surface area contributed by atoms with Crippen LogP contribution < -0.4 is 0 Å². The summed E-state index contributed by atoms with van der Waals surface area (Å²) >= 11 is 31.3. The highest BCUT2D eigenvalue weighted by Gasteiger charge is 2.18. The van der Waals surface area contributed by atoms with Crippen molar-refractivity contribution in [1.29, 1.82) is 0 Å². The highest BCUT2D eigenvalue weighted by atomic mass is 79.9. The zero-order valence-corrected chi connectivity index (χ0v) is 18.6. The van der Waals surface area contributed by atoms with Crippen molar-refractivity contribution in [2.45, 2.75) is 13.5 Å². The van der Waals surface area contributed by atoms with Crippen molar-refractivity contribution >= 4 is 79.9 Å². The van der Waals surface area contributed by atoms with E-state index in [0.717, 1.165) is 10.0 Å². The number of hydrogen-bond donors (Lipinski definition) is 1. The SMILES string of the molecule is C=C(C)C(=O)OCc1ccccc1Br.Oc1c(Cl)c(Cl)c(Cl)c(Cl)c1Cl. The summed E-state index contributed by atoms with van der Waals surface area (Å²) in [4.78, 5) is 11.1. The number of halogens is 6. The lowest BCUT2D eigenvalue weighted by molar-refractivity contribution is -0.140. The minimum atomic E-state index is -0.363. The van der Waals surface area contributed by atoms with Crippen LogP contribution in [0.15, 0.2) is 40.9 Å². The van der Waals surface area contributed by atoms with E-state index in [-0.39, 0.29) is 43.4 Å². The number of hydrogen-bond acceptors (Lipinski definition) is 3. The van der Waals surface area contributed by atoms with Gasteiger partial charge in [0, 0.05) is 15.6 Å². The lowest BCUT2D eigenvalue weighted by Gasteiger charge is -2.06. The van der Waals surface area contributed by atoms with Crippen LogP contribution in [0.4, 0.5) is 0 Å². The van der Waals surface area contributed by atoms with Gasteiger partial charge in [0.2, 0.25) is 0 Å². The number of ether oxygens (including phenoxy) is 1. The first-order valence-corrected chi connectivity index (χ1v) is 9.52. The average Bonchev–Trinajstić information content (AvgIpc) is 2.62. The Bertz CT molecular complexity index is 734. The Labute approximate surface area is 184 Å². The third-order valence-corrected chi connectivity index (χ3v) is 5.88. The molecule has 3 nitrogen and oxygen atoms in total. The van der Waals surface area contributed by atoms with Crippen molar-refractivity contribution in [2.24, 2.45) is 0 Å². The molecule has 0 aliphatic carbocycles. The highest BCUT2D eigenvalue weighted by Crippen LogP contribution is 2.47. The van der Waals surface area contributed by atoms with Crippen molar-refractivity contribution in [3.8, 4) is 5.75 Å². The van der Waals surface area contributed by atoms with Crippen LogP contribution in [-0.4, -0.2) is 11.1 Å². The molecule has 0 aliphatic rings. The number of phenols is 1. The molecule has 0 saturated heterocycles. The number of esters is 1. The first-order chi connectivity index (χ1) is 12.1. The summed E-state index contributed by atoms with van der Waals surface area (Å²) < 4.78 is 5.94. The summed E-state index contributed by atoms with van der Waals surface area (Å²) in [6, 6.07) is 7.61. The fraction of sp³-hybridized carbons (Fsp3) is 0.118. The minimum absolute atomic E-state index is 0.00904. The van der Waals surface area contributed by atoms with Gasteiger partial charge >= 0.3 is 5.97 Å². The van der Waals surface area contributed by atoms with Crippen LogP contribution >= 0.6 is 73.9 Å². The zero-order valence-electron chi connectivity index (χ0n) is 13.3. The Hall–Kier alpha value is -0.620. The number of aromatic hydroxyl groups is 1. The van der Waals surface area contributed by atoms with E-state index in [1.54, 1.807) is 6.92 Å². The van der Waals surface area contributed by atoms with Gasteiger partial charge in [-0.1, -0.05) is 98.7 Å². The Morgan fingerprint density at radius 3 is 1.96 bits per heavy atom. The third kappa shape index (κ3) is 6.22. The molecule has 0 saturated carbocycles. The molecule has 0 heterocycles. The molecule has 0 atom stereocenters. The fourth-order valence-electron chi connectivity index (χ4n) is 1.48.